The summed E-state index contributed by atoms with van der Waals surface area (Å²) in [4.78, 5) is 11.6. The van der Waals surface area contributed by atoms with Gasteiger partial charge in [-0.1, -0.05) is 37.6 Å². The molecular weight excluding hydrogens is 172 g/mol. The zero-order chi connectivity index (χ0) is 10.8. The SMILES string of the molecule is C/C=C/C(=O)C1=CC(C)=CC(C)(C)C1. The fourth-order valence-electron chi connectivity index (χ4n) is 1.94. The molecule has 0 amide bonds. The lowest BCUT2D eigenvalue weighted by Gasteiger charge is -2.26. The molecule has 0 fully saturated rings. The first kappa shape index (κ1) is 11.0. The van der Waals surface area contributed by atoms with E-state index in [9.17, 15) is 4.79 Å². The van der Waals surface area contributed by atoms with E-state index in [1.165, 1.54) is 5.57 Å². The topological polar surface area (TPSA) is 17.1 Å². The van der Waals surface area contributed by atoms with Crippen LogP contribution in [-0.2, 0) is 4.79 Å². The van der Waals surface area contributed by atoms with Crippen LogP contribution in [0.15, 0.2) is 35.5 Å². The van der Waals surface area contributed by atoms with Crippen molar-refractivity contribution >= 4 is 5.78 Å². The van der Waals surface area contributed by atoms with Gasteiger partial charge in [-0.05, 0) is 31.8 Å². The lowest BCUT2D eigenvalue weighted by atomic mass is 9.78. The smallest absolute Gasteiger partial charge is 0.181 e. The summed E-state index contributed by atoms with van der Waals surface area (Å²) in [5, 5.41) is 0. The Hall–Kier alpha value is -1.11. The van der Waals surface area contributed by atoms with Gasteiger partial charge in [0.15, 0.2) is 5.78 Å². The highest BCUT2D eigenvalue weighted by molar-refractivity contribution is 6.04. The molecule has 1 aliphatic carbocycles. The van der Waals surface area contributed by atoms with E-state index in [1.54, 1.807) is 12.2 Å². The molecular formula is C13H18O. The first-order chi connectivity index (χ1) is 6.44. The van der Waals surface area contributed by atoms with Crippen molar-refractivity contribution in [1.82, 2.24) is 0 Å². The van der Waals surface area contributed by atoms with E-state index in [-0.39, 0.29) is 11.2 Å². The van der Waals surface area contributed by atoms with E-state index in [2.05, 4.69) is 19.9 Å². The third-order valence-electron chi connectivity index (χ3n) is 2.30. The van der Waals surface area contributed by atoms with E-state index < -0.39 is 0 Å². The summed E-state index contributed by atoms with van der Waals surface area (Å²) in [6.45, 7) is 8.23. The summed E-state index contributed by atoms with van der Waals surface area (Å²) in [5.74, 6) is 0.146. The van der Waals surface area contributed by atoms with Crippen LogP contribution in [0.5, 0.6) is 0 Å². The highest BCUT2D eigenvalue weighted by Gasteiger charge is 2.23. The summed E-state index contributed by atoms with van der Waals surface area (Å²) < 4.78 is 0. The molecule has 0 N–H and O–H groups in total. The molecule has 76 valence electrons. The second-order valence-electron chi connectivity index (χ2n) is 4.59. The minimum absolute atomic E-state index is 0.116. The lowest BCUT2D eigenvalue weighted by molar-refractivity contribution is -0.111. The van der Waals surface area contributed by atoms with Crippen molar-refractivity contribution in [3.8, 4) is 0 Å². The van der Waals surface area contributed by atoms with Crippen molar-refractivity contribution in [2.75, 3.05) is 0 Å². The van der Waals surface area contributed by atoms with Gasteiger partial charge >= 0.3 is 0 Å². The average Bonchev–Trinajstić information content (AvgIpc) is 2.00. The zero-order valence-electron chi connectivity index (χ0n) is 9.42. The van der Waals surface area contributed by atoms with Crippen LogP contribution >= 0.6 is 0 Å². The van der Waals surface area contributed by atoms with Gasteiger partial charge in [-0.15, -0.1) is 0 Å². The Bertz CT molecular complexity index is 327. The fraction of sp³-hybridized carbons (Fsp3) is 0.462. The highest BCUT2D eigenvalue weighted by Crippen LogP contribution is 2.33. The molecule has 1 nitrogen and oxygen atoms in total. The summed E-state index contributed by atoms with van der Waals surface area (Å²) >= 11 is 0. The molecule has 0 atom stereocenters. The largest absolute Gasteiger partial charge is 0.290 e. The molecule has 0 aromatic heterocycles. The van der Waals surface area contributed by atoms with Crippen LogP contribution < -0.4 is 0 Å². The molecule has 1 heteroatoms. The monoisotopic (exact) mass is 190 g/mol. The van der Waals surface area contributed by atoms with E-state index in [0.29, 0.717) is 0 Å². The molecule has 0 unspecified atom stereocenters. The molecule has 0 saturated heterocycles. The molecule has 0 aliphatic heterocycles. The van der Waals surface area contributed by atoms with Crippen molar-refractivity contribution < 1.29 is 4.79 Å². The van der Waals surface area contributed by atoms with Gasteiger partial charge < -0.3 is 0 Å². The van der Waals surface area contributed by atoms with E-state index in [1.807, 2.05) is 19.9 Å². The Kier molecular flexibility index (Phi) is 3.10. The van der Waals surface area contributed by atoms with Gasteiger partial charge in [0.1, 0.15) is 0 Å². The van der Waals surface area contributed by atoms with Gasteiger partial charge in [0.25, 0.3) is 0 Å². The van der Waals surface area contributed by atoms with Crippen LogP contribution in [0.2, 0.25) is 0 Å². The van der Waals surface area contributed by atoms with Crippen LogP contribution in [0.1, 0.15) is 34.1 Å². The Labute approximate surface area is 86.2 Å². The van der Waals surface area contributed by atoms with Crippen molar-refractivity contribution in [2.45, 2.75) is 34.1 Å². The standard InChI is InChI=1S/C13H18O/c1-5-6-12(14)11-7-10(2)8-13(3,4)9-11/h5-8H,9H2,1-4H3/b6-5+. The highest BCUT2D eigenvalue weighted by atomic mass is 16.1. The zero-order valence-corrected chi connectivity index (χ0v) is 9.42. The van der Waals surface area contributed by atoms with Crippen molar-refractivity contribution in [1.29, 1.82) is 0 Å². The van der Waals surface area contributed by atoms with Crippen LogP contribution in [0.25, 0.3) is 0 Å². The van der Waals surface area contributed by atoms with Crippen molar-refractivity contribution in [3.05, 3.63) is 35.5 Å². The Morgan fingerprint density at radius 1 is 1.50 bits per heavy atom. The van der Waals surface area contributed by atoms with Crippen LogP contribution in [0.4, 0.5) is 0 Å². The molecule has 1 aliphatic rings. The van der Waals surface area contributed by atoms with Crippen molar-refractivity contribution in [3.63, 3.8) is 0 Å². The van der Waals surface area contributed by atoms with Crippen LogP contribution in [0, 0.1) is 5.41 Å². The summed E-state index contributed by atoms with van der Waals surface area (Å²) in [6, 6.07) is 0. The second kappa shape index (κ2) is 3.95. The summed E-state index contributed by atoms with van der Waals surface area (Å²) in [5.41, 5.74) is 2.23. The number of rotatable bonds is 2. The molecule has 0 radical (unpaired) electrons. The number of allylic oxidation sites excluding steroid dienone is 6. The molecule has 0 bridgehead atoms. The number of hydrogen-bond acceptors (Lipinski definition) is 1. The third kappa shape index (κ3) is 2.69. The third-order valence-corrected chi connectivity index (χ3v) is 2.30. The molecule has 0 heterocycles. The van der Waals surface area contributed by atoms with E-state index in [0.717, 1.165) is 12.0 Å². The number of carbonyl (C=O) groups is 1. The molecule has 0 saturated carbocycles. The van der Waals surface area contributed by atoms with Gasteiger partial charge in [-0.3, -0.25) is 4.79 Å². The molecule has 1 rings (SSSR count). The van der Waals surface area contributed by atoms with Crippen LogP contribution in [-0.4, -0.2) is 5.78 Å². The molecule has 0 spiro atoms. The van der Waals surface area contributed by atoms with Gasteiger partial charge in [0, 0.05) is 5.57 Å². The predicted molar refractivity (Wildman–Crippen MR) is 60.1 cm³/mol. The first-order valence-electron chi connectivity index (χ1n) is 5.02. The van der Waals surface area contributed by atoms with E-state index >= 15 is 0 Å². The minimum Gasteiger partial charge on any atom is -0.290 e. The van der Waals surface area contributed by atoms with Gasteiger partial charge in [-0.25, -0.2) is 0 Å². The second-order valence-corrected chi connectivity index (χ2v) is 4.59. The van der Waals surface area contributed by atoms with E-state index in [4.69, 9.17) is 0 Å². The van der Waals surface area contributed by atoms with Crippen molar-refractivity contribution in [2.24, 2.45) is 5.41 Å². The quantitative estimate of drug-likeness (QED) is 0.610. The van der Waals surface area contributed by atoms with Gasteiger partial charge in [0.05, 0.1) is 0 Å². The number of carbonyl (C=O) groups excluding carboxylic acids is 1. The normalized spacial score (nSPS) is 20.6. The molecule has 0 aromatic rings. The van der Waals surface area contributed by atoms with Gasteiger partial charge in [0.2, 0.25) is 0 Å². The maximum atomic E-state index is 11.6. The Morgan fingerprint density at radius 2 is 2.14 bits per heavy atom. The maximum Gasteiger partial charge on any atom is 0.181 e. The predicted octanol–water partition coefficient (Wildman–Crippen LogP) is 3.43. The molecule has 14 heavy (non-hydrogen) atoms. The number of hydrogen-bond donors (Lipinski definition) is 0. The molecule has 0 aromatic carbocycles. The van der Waals surface area contributed by atoms with Crippen LogP contribution in [0.3, 0.4) is 0 Å². The maximum absolute atomic E-state index is 11.6. The summed E-state index contributed by atoms with van der Waals surface area (Å²) in [7, 11) is 0. The Morgan fingerprint density at radius 3 is 2.64 bits per heavy atom. The van der Waals surface area contributed by atoms with Gasteiger partial charge in [-0.2, -0.15) is 0 Å². The first-order valence-corrected chi connectivity index (χ1v) is 5.02. The number of ketones is 1. The Balaban J connectivity index is 2.93. The minimum atomic E-state index is 0.116. The lowest BCUT2D eigenvalue weighted by Crippen LogP contribution is -2.16. The fourth-order valence-corrected chi connectivity index (χ4v) is 1.94. The average molecular weight is 190 g/mol. The summed E-state index contributed by atoms with van der Waals surface area (Å²) in [6.07, 6.45) is 8.49.